The molecule has 0 aromatic heterocycles. The molecule has 3 nitrogen and oxygen atoms in total. The van der Waals surface area contributed by atoms with Crippen molar-refractivity contribution in [1.29, 1.82) is 5.26 Å². The van der Waals surface area contributed by atoms with E-state index in [-0.39, 0.29) is 5.41 Å². The van der Waals surface area contributed by atoms with Gasteiger partial charge >= 0.3 is 5.91 Å². The molecular formula is C16H22N2O. The third-order valence-corrected chi connectivity index (χ3v) is 3.67. The van der Waals surface area contributed by atoms with Gasteiger partial charge in [-0.3, -0.25) is 4.79 Å². The van der Waals surface area contributed by atoms with E-state index in [1.807, 2.05) is 0 Å². The first-order valence-corrected chi connectivity index (χ1v) is 6.69. The summed E-state index contributed by atoms with van der Waals surface area (Å²) in [4.78, 5) is 11.0. The van der Waals surface area contributed by atoms with Crippen molar-refractivity contribution in [1.82, 2.24) is 5.32 Å². The standard InChI is InChI=1S/C16H22N2O/c1-5-12(2)13-6-8-14(9-7-13)16(3,4)11-18-15(19)10-17/h6-9,12H,5,11H2,1-4H3,(H,18,19). The lowest BCUT2D eigenvalue weighted by molar-refractivity contribution is -0.116. The predicted molar refractivity (Wildman–Crippen MR) is 76.8 cm³/mol. The van der Waals surface area contributed by atoms with Crippen molar-refractivity contribution < 1.29 is 4.79 Å². The SMILES string of the molecule is CCC(C)c1ccc(C(C)(C)CNC(=O)C#N)cc1. The van der Waals surface area contributed by atoms with Crippen LogP contribution in [0.2, 0.25) is 0 Å². The van der Waals surface area contributed by atoms with Gasteiger partial charge in [0.05, 0.1) is 0 Å². The molecule has 0 aliphatic heterocycles. The second-order valence-electron chi connectivity index (χ2n) is 5.61. The van der Waals surface area contributed by atoms with Gasteiger partial charge in [0, 0.05) is 12.0 Å². The summed E-state index contributed by atoms with van der Waals surface area (Å²) in [6, 6.07) is 10.1. The van der Waals surface area contributed by atoms with Crippen LogP contribution in [0, 0.1) is 11.3 Å². The third kappa shape index (κ3) is 4.10. The maximum Gasteiger partial charge on any atom is 0.322 e. The van der Waals surface area contributed by atoms with Gasteiger partial charge in [-0.15, -0.1) is 0 Å². The predicted octanol–water partition coefficient (Wildman–Crippen LogP) is 3.12. The molecule has 0 fully saturated rings. The second kappa shape index (κ2) is 6.38. The Kier molecular flexibility index (Phi) is 5.11. The van der Waals surface area contributed by atoms with E-state index in [0.717, 1.165) is 12.0 Å². The fourth-order valence-electron chi connectivity index (χ4n) is 1.94. The lowest BCUT2D eigenvalue weighted by Crippen LogP contribution is -2.36. The molecule has 1 aromatic rings. The molecule has 0 spiro atoms. The van der Waals surface area contributed by atoms with Crippen LogP contribution in [0.1, 0.15) is 51.2 Å². The molecule has 102 valence electrons. The second-order valence-corrected chi connectivity index (χ2v) is 5.61. The Morgan fingerprint density at radius 2 is 1.95 bits per heavy atom. The average molecular weight is 258 g/mol. The van der Waals surface area contributed by atoms with Gasteiger partial charge in [0.1, 0.15) is 0 Å². The van der Waals surface area contributed by atoms with E-state index in [1.165, 1.54) is 5.56 Å². The molecule has 3 heteroatoms. The molecule has 1 unspecified atom stereocenters. The summed E-state index contributed by atoms with van der Waals surface area (Å²) < 4.78 is 0. The van der Waals surface area contributed by atoms with Gasteiger partial charge in [-0.2, -0.15) is 5.26 Å². The Morgan fingerprint density at radius 1 is 1.37 bits per heavy atom. The van der Waals surface area contributed by atoms with Crippen LogP contribution in [0.25, 0.3) is 0 Å². The van der Waals surface area contributed by atoms with Gasteiger partial charge in [-0.05, 0) is 23.5 Å². The fraction of sp³-hybridized carbons (Fsp3) is 0.500. The molecule has 19 heavy (non-hydrogen) atoms. The molecule has 0 saturated carbocycles. The average Bonchev–Trinajstić information content (AvgIpc) is 2.44. The summed E-state index contributed by atoms with van der Waals surface area (Å²) in [7, 11) is 0. The van der Waals surface area contributed by atoms with Gasteiger partial charge < -0.3 is 5.32 Å². The van der Waals surface area contributed by atoms with E-state index in [2.05, 4.69) is 57.3 Å². The highest BCUT2D eigenvalue weighted by molar-refractivity contribution is 5.91. The summed E-state index contributed by atoms with van der Waals surface area (Å²) in [6.07, 6.45) is 1.13. The summed E-state index contributed by atoms with van der Waals surface area (Å²) in [5.74, 6) is -0.0141. The monoisotopic (exact) mass is 258 g/mol. The van der Waals surface area contributed by atoms with Gasteiger partial charge in [-0.1, -0.05) is 52.0 Å². The van der Waals surface area contributed by atoms with E-state index in [9.17, 15) is 4.79 Å². The number of carbonyl (C=O) groups is 1. The third-order valence-electron chi connectivity index (χ3n) is 3.67. The van der Waals surface area contributed by atoms with Gasteiger partial charge in [0.25, 0.3) is 0 Å². The lowest BCUT2D eigenvalue weighted by Gasteiger charge is -2.25. The molecule has 0 heterocycles. The Bertz CT molecular complexity index is 469. The first kappa shape index (κ1) is 15.2. The summed E-state index contributed by atoms with van der Waals surface area (Å²) in [5.41, 5.74) is 2.32. The summed E-state index contributed by atoms with van der Waals surface area (Å²) in [6.45, 7) is 8.97. The highest BCUT2D eigenvalue weighted by Gasteiger charge is 2.21. The maximum atomic E-state index is 11.0. The molecule has 0 saturated heterocycles. The zero-order chi connectivity index (χ0) is 14.5. The van der Waals surface area contributed by atoms with Crippen LogP contribution < -0.4 is 5.32 Å². The van der Waals surface area contributed by atoms with Crippen LogP contribution in [0.15, 0.2) is 24.3 Å². The minimum Gasteiger partial charge on any atom is -0.343 e. The topological polar surface area (TPSA) is 52.9 Å². The minimum atomic E-state index is -0.579. The molecule has 1 aromatic carbocycles. The molecule has 0 aliphatic rings. The number of nitrogens with one attached hydrogen (secondary N) is 1. The smallest absolute Gasteiger partial charge is 0.322 e. The van der Waals surface area contributed by atoms with Crippen molar-refractivity contribution in [3.05, 3.63) is 35.4 Å². The van der Waals surface area contributed by atoms with Crippen LogP contribution in [0.4, 0.5) is 0 Å². The Balaban J connectivity index is 2.79. The van der Waals surface area contributed by atoms with E-state index < -0.39 is 5.91 Å². The van der Waals surface area contributed by atoms with Crippen LogP contribution in [0.3, 0.4) is 0 Å². The number of hydrogen-bond acceptors (Lipinski definition) is 2. The van der Waals surface area contributed by atoms with Crippen molar-refractivity contribution >= 4 is 5.91 Å². The quantitative estimate of drug-likeness (QED) is 0.825. The summed E-state index contributed by atoms with van der Waals surface area (Å²) >= 11 is 0. The number of benzene rings is 1. The van der Waals surface area contributed by atoms with E-state index >= 15 is 0 Å². The Morgan fingerprint density at radius 3 is 2.42 bits per heavy atom. The number of nitriles is 1. The largest absolute Gasteiger partial charge is 0.343 e. The van der Waals surface area contributed by atoms with Crippen molar-refractivity contribution in [2.75, 3.05) is 6.54 Å². The van der Waals surface area contributed by atoms with Crippen LogP contribution in [-0.4, -0.2) is 12.5 Å². The van der Waals surface area contributed by atoms with Crippen molar-refractivity contribution in [3.8, 4) is 6.07 Å². The molecule has 0 aliphatic carbocycles. The number of rotatable bonds is 5. The zero-order valence-corrected chi connectivity index (χ0v) is 12.2. The normalized spacial score (nSPS) is 12.6. The van der Waals surface area contributed by atoms with Gasteiger partial charge in [0.15, 0.2) is 6.07 Å². The Hall–Kier alpha value is -1.82. The first-order chi connectivity index (χ1) is 8.90. The van der Waals surface area contributed by atoms with Crippen molar-refractivity contribution in [3.63, 3.8) is 0 Å². The van der Waals surface area contributed by atoms with E-state index in [4.69, 9.17) is 5.26 Å². The fourth-order valence-corrected chi connectivity index (χ4v) is 1.94. The maximum absolute atomic E-state index is 11.0. The molecule has 1 rings (SSSR count). The molecule has 0 radical (unpaired) electrons. The lowest BCUT2D eigenvalue weighted by atomic mass is 9.83. The molecule has 1 atom stereocenters. The number of hydrogen-bond donors (Lipinski definition) is 1. The van der Waals surface area contributed by atoms with E-state index in [0.29, 0.717) is 12.5 Å². The molecular weight excluding hydrogens is 236 g/mol. The Labute approximate surface area is 115 Å². The number of nitrogens with zero attached hydrogens (tertiary/aromatic N) is 1. The molecule has 1 amide bonds. The zero-order valence-electron chi connectivity index (χ0n) is 12.2. The number of amides is 1. The number of carbonyl (C=O) groups excluding carboxylic acids is 1. The molecule has 0 bridgehead atoms. The van der Waals surface area contributed by atoms with Crippen LogP contribution in [0.5, 0.6) is 0 Å². The minimum absolute atomic E-state index is 0.180. The molecule has 1 N–H and O–H groups in total. The van der Waals surface area contributed by atoms with Crippen LogP contribution in [-0.2, 0) is 10.2 Å². The highest BCUT2D eigenvalue weighted by Crippen LogP contribution is 2.25. The summed E-state index contributed by atoms with van der Waals surface area (Å²) in [5, 5.41) is 11.1. The van der Waals surface area contributed by atoms with Crippen molar-refractivity contribution in [2.24, 2.45) is 0 Å². The van der Waals surface area contributed by atoms with Gasteiger partial charge in [-0.25, -0.2) is 0 Å². The van der Waals surface area contributed by atoms with Crippen molar-refractivity contribution in [2.45, 2.75) is 45.4 Å². The van der Waals surface area contributed by atoms with Gasteiger partial charge in [0.2, 0.25) is 0 Å². The first-order valence-electron chi connectivity index (χ1n) is 6.69. The van der Waals surface area contributed by atoms with E-state index in [1.54, 1.807) is 6.07 Å². The van der Waals surface area contributed by atoms with Crippen LogP contribution >= 0.6 is 0 Å². The highest BCUT2D eigenvalue weighted by atomic mass is 16.1.